The van der Waals surface area contributed by atoms with Gasteiger partial charge in [-0.1, -0.05) is 19.4 Å². The molecule has 110 valence electrons. The first-order chi connectivity index (χ1) is 10.3. The van der Waals surface area contributed by atoms with Gasteiger partial charge in [0.2, 0.25) is 0 Å². The van der Waals surface area contributed by atoms with Crippen LogP contribution < -0.4 is 0 Å². The zero-order chi connectivity index (χ0) is 14.7. The molecule has 3 rings (SSSR count). The largest absolute Gasteiger partial charge is 0.313 e. The monoisotopic (exact) mass is 282 g/mol. The number of benzene rings is 1. The Kier molecular flexibility index (Phi) is 4.21. The van der Waals surface area contributed by atoms with Crippen LogP contribution >= 0.6 is 0 Å². The van der Waals surface area contributed by atoms with E-state index in [0.29, 0.717) is 6.54 Å². The van der Waals surface area contributed by atoms with E-state index in [1.165, 1.54) is 24.8 Å². The van der Waals surface area contributed by atoms with E-state index in [-0.39, 0.29) is 0 Å². The third kappa shape index (κ3) is 2.93. The van der Waals surface area contributed by atoms with Crippen molar-refractivity contribution in [2.24, 2.45) is 0 Å². The standard InChI is InChI=1S/C17H22N4/c1-2-14-6-7-16-15(12-14)19-17(21(16)11-8-18)13-20-9-4-3-5-10-20/h6-7,12H,2-5,9-11,13H2,1H3. The van der Waals surface area contributed by atoms with E-state index in [1.807, 2.05) is 0 Å². The summed E-state index contributed by atoms with van der Waals surface area (Å²) in [5, 5.41) is 9.12. The maximum Gasteiger partial charge on any atom is 0.125 e. The van der Waals surface area contributed by atoms with Crippen molar-refractivity contribution in [2.45, 2.75) is 45.7 Å². The van der Waals surface area contributed by atoms with E-state index in [1.54, 1.807) is 0 Å². The molecule has 4 nitrogen and oxygen atoms in total. The second kappa shape index (κ2) is 6.28. The average molecular weight is 282 g/mol. The van der Waals surface area contributed by atoms with Crippen molar-refractivity contribution in [2.75, 3.05) is 13.1 Å². The minimum absolute atomic E-state index is 0.380. The minimum atomic E-state index is 0.380. The van der Waals surface area contributed by atoms with Crippen molar-refractivity contribution in [3.63, 3.8) is 0 Å². The molecule has 0 bridgehead atoms. The molecule has 0 saturated carbocycles. The van der Waals surface area contributed by atoms with Crippen molar-refractivity contribution < 1.29 is 0 Å². The summed E-state index contributed by atoms with van der Waals surface area (Å²) in [7, 11) is 0. The van der Waals surface area contributed by atoms with Gasteiger partial charge in [0.05, 0.1) is 23.6 Å². The minimum Gasteiger partial charge on any atom is -0.313 e. The first-order valence-electron chi connectivity index (χ1n) is 7.89. The number of nitrogens with zero attached hydrogens (tertiary/aromatic N) is 4. The van der Waals surface area contributed by atoms with Gasteiger partial charge in [0, 0.05) is 0 Å². The predicted molar refractivity (Wildman–Crippen MR) is 83.9 cm³/mol. The molecule has 21 heavy (non-hydrogen) atoms. The maximum atomic E-state index is 9.12. The van der Waals surface area contributed by atoms with Crippen LogP contribution in [0, 0.1) is 11.3 Å². The van der Waals surface area contributed by atoms with Gasteiger partial charge in [-0.3, -0.25) is 4.90 Å². The molecule has 0 amide bonds. The number of aryl methyl sites for hydroxylation is 1. The smallest absolute Gasteiger partial charge is 0.125 e. The number of likely N-dealkylation sites (tertiary alicyclic amines) is 1. The second-order valence-electron chi connectivity index (χ2n) is 5.79. The lowest BCUT2D eigenvalue weighted by Crippen LogP contribution is -2.30. The summed E-state index contributed by atoms with van der Waals surface area (Å²) in [5.74, 6) is 1.03. The second-order valence-corrected chi connectivity index (χ2v) is 5.79. The van der Waals surface area contributed by atoms with Crippen LogP contribution in [0.2, 0.25) is 0 Å². The van der Waals surface area contributed by atoms with Crippen molar-refractivity contribution in [1.29, 1.82) is 5.26 Å². The highest BCUT2D eigenvalue weighted by atomic mass is 15.2. The van der Waals surface area contributed by atoms with Crippen LogP contribution in [0.5, 0.6) is 0 Å². The van der Waals surface area contributed by atoms with Crippen LogP contribution in [-0.2, 0) is 19.5 Å². The van der Waals surface area contributed by atoms with E-state index in [2.05, 4.69) is 40.7 Å². The Hall–Kier alpha value is -1.86. The summed E-state index contributed by atoms with van der Waals surface area (Å²) in [6.45, 7) is 5.69. The molecular weight excluding hydrogens is 260 g/mol. The lowest BCUT2D eigenvalue weighted by molar-refractivity contribution is 0.214. The van der Waals surface area contributed by atoms with Crippen LogP contribution in [-0.4, -0.2) is 27.5 Å². The number of piperidine rings is 1. The molecule has 1 aliphatic heterocycles. The molecule has 0 unspecified atom stereocenters. The average Bonchev–Trinajstić information content (AvgIpc) is 2.85. The summed E-state index contributed by atoms with van der Waals surface area (Å²) in [4.78, 5) is 7.26. The van der Waals surface area contributed by atoms with Crippen LogP contribution in [0.25, 0.3) is 11.0 Å². The lowest BCUT2D eigenvalue weighted by atomic mass is 10.1. The first kappa shape index (κ1) is 14.1. The van der Waals surface area contributed by atoms with E-state index in [0.717, 1.165) is 42.9 Å². The Balaban J connectivity index is 1.95. The van der Waals surface area contributed by atoms with Crippen molar-refractivity contribution in [3.8, 4) is 6.07 Å². The number of hydrogen-bond acceptors (Lipinski definition) is 3. The Labute approximate surface area is 126 Å². The highest BCUT2D eigenvalue weighted by Crippen LogP contribution is 2.20. The number of aromatic nitrogens is 2. The Bertz CT molecular complexity index is 659. The molecule has 0 spiro atoms. The number of nitriles is 1. The summed E-state index contributed by atoms with van der Waals surface area (Å²) in [6, 6.07) is 8.68. The van der Waals surface area contributed by atoms with E-state index in [9.17, 15) is 0 Å². The van der Waals surface area contributed by atoms with E-state index < -0.39 is 0 Å². The zero-order valence-electron chi connectivity index (χ0n) is 12.7. The summed E-state index contributed by atoms with van der Waals surface area (Å²) in [5.41, 5.74) is 3.41. The van der Waals surface area contributed by atoms with Crippen molar-refractivity contribution in [3.05, 3.63) is 29.6 Å². The zero-order valence-corrected chi connectivity index (χ0v) is 12.7. The van der Waals surface area contributed by atoms with Crippen molar-refractivity contribution >= 4 is 11.0 Å². The molecule has 2 aromatic rings. The van der Waals surface area contributed by atoms with Crippen LogP contribution in [0.15, 0.2) is 18.2 Å². The maximum absolute atomic E-state index is 9.12. The number of imidazole rings is 1. The van der Waals surface area contributed by atoms with Crippen LogP contribution in [0.4, 0.5) is 0 Å². The molecule has 1 saturated heterocycles. The molecule has 1 fully saturated rings. The highest BCUT2D eigenvalue weighted by Gasteiger charge is 2.16. The summed E-state index contributed by atoms with van der Waals surface area (Å²) >= 11 is 0. The SMILES string of the molecule is CCc1ccc2c(c1)nc(CN1CCCCC1)n2CC#N. The van der Waals surface area contributed by atoms with Crippen molar-refractivity contribution in [1.82, 2.24) is 14.5 Å². The van der Waals surface area contributed by atoms with Gasteiger partial charge in [-0.25, -0.2) is 4.98 Å². The molecule has 0 radical (unpaired) electrons. The molecule has 1 aliphatic rings. The molecule has 1 aromatic heterocycles. The molecule has 2 heterocycles. The first-order valence-corrected chi connectivity index (χ1v) is 7.89. The van der Waals surface area contributed by atoms with Gasteiger partial charge in [-0.15, -0.1) is 0 Å². The fraction of sp³-hybridized carbons (Fsp3) is 0.529. The van der Waals surface area contributed by atoms with Gasteiger partial charge in [-0.2, -0.15) is 5.26 Å². The molecule has 0 atom stereocenters. The number of hydrogen-bond donors (Lipinski definition) is 0. The topological polar surface area (TPSA) is 44.9 Å². The quantitative estimate of drug-likeness (QED) is 0.865. The number of fused-ring (bicyclic) bond motifs is 1. The van der Waals surface area contributed by atoms with Crippen LogP contribution in [0.1, 0.15) is 37.6 Å². The lowest BCUT2D eigenvalue weighted by Gasteiger charge is -2.26. The fourth-order valence-corrected chi connectivity index (χ4v) is 3.13. The summed E-state index contributed by atoms with van der Waals surface area (Å²) < 4.78 is 2.07. The van der Waals surface area contributed by atoms with Gasteiger partial charge < -0.3 is 4.57 Å². The summed E-state index contributed by atoms with van der Waals surface area (Å²) in [6.07, 6.45) is 4.91. The van der Waals surface area contributed by atoms with E-state index >= 15 is 0 Å². The van der Waals surface area contributed by atoms with Gasteiger partial charge in [0.25, 0.3) is 0 Å². The Morgan fingerprint density at radius 1 is 1.24 bits per heavy atom. The van der Waals surface area contributed by atoms with Gasteiger partial charge in [-0.05, 0) is 50.0 Å². The van der Waals surface area contributed by atoms with Gasteiger partial charge in [0.15, 0.2) is 0 Å². The molecule has 0 N–H and O–H groups in total. The Morgan fingerprint density at radius 2 is 2.05 bits per heavy atom. The predicted octanol–water partition coefficient (Wildman–Crippen LogP) is 3.11. The highest BCUT2D eigenvalue weighted by molar-refractivity contribution is 5.77. The van der Waals surface area contributed by atoms with E-state index in [4.69, 9.17) is 10.2 Å². The third-order valence-corrected chi connectivity index (χ3v) is 4.34. The molecule has 1 aromatic carbocycles. The molecule has 0 aliphatic carbocycles. The number of rotatable bonds is 4. The van der Waals surface area contributed by atoms with Gasteiger partial charge in [0.1, 0.15) is 12.4 Å². The normalized spacial score (nSPS) is 16.2. The molecular formula is C17H22N4. The van der Waals surface area contributed by atoms with Crippen LogP contribution in [0.3, 0.4) is 0 Å². The third-order valence-electron chi connectivity index (χ3n) is 4.34. The Morgan fingerprint density at radius 3 is 2.76 bits per heavy atom. The molecule has 4 heteroatoms. The fourth-order valence-electron chi connectivity index (χ4n) is 3.13. The van der Waals surface area contributed by atoms with Gasteiger partial charge >= 0.3 is 0 Å².